The molecule has 1 aliphatic carbocycles. The van der Waals surface area contributed by atoms with E-state index in [1.165, 1.54) is 6.20 Å². The van der Waals surface area contributed by atoms with Gasteiger partial charge in [-0.25, -0.2) is 14.7 Å². The topological polar surface area (TPSA) is 79.7 Å². The van der Waals surface area contributed by atoms with Crippen molar-refractivity contribution in [3.63, 3.8) is 0 Å². The molecule has 1 heterocycles. The van der Waals surface area contributed by atoms with Crippen molar-refractivity contribution in [1.82, 2.24) is 4.98 Å². The number of aliphatic carboxylic acids is 1. The van der Waals surface area contributed by atoms with Gasteiger partial charge in [-0.15, -0.1) is 0 Å². The molecule has 0 fully saturated rings. The summed E-state index contributed by atoms with van der Waals surface area (Å²) >= 11 is 3.31. The van der Waals surface area contributed by atoms with Crippen molar-refractivity contribution in [2.75, 3.05) is 18.1 Å². The number of hydrogen-bond acceptors (Lipinski definition) is 4. The van der Waals surface area contributed by atoms with Gasteiger partial charge in [-0.1, -0.05) is 48.5 Å². The Bertz CT molecular complexity index is 1040. The van der Waals surface area contributed by atoms with Gasteiger partial charge in [-0.05, 0) is 50.3 Å². The van der Waals surface area contributed by atoms with E-state index in [4.69, 9.17) is 4.74 Å². The van der Waals surface area contributed by atoms with Crippen molar-refractivity contribution >= 4 is 33.8 Å². The monoisotopic (exact) mass is 452 g/mol. The normalized spacial score (nSPS) is 12.2. The zero-order valence-corrected chi connectivity index (χ0v) is 16.9. The number of halogens is 1. The summed E-state index contributed by atoms with van der Waals surface area (Å²) < 4.78 is 6.08. The van der Waals surface area contributed by atoms with Crippen molar-refractivity contribution < 1.29 is 19.4 Å². The summed E-state index contributed by atoms with van der Waals surface area (Å²) in [6, 6.07) is 19.4. The maximum absolute atomic E-state index is 12.8. The Morgan fingerprint density at radius 1 is 1.00 bits per heavy atom. The average molecular weight is 453 g/mol. The molecule has 0 saturated heterocycles. The highest BCUT2D eigenvalue weighted by Gasteiger charge is 2.30. The van der Waals surface area contributed by atoms with Crippen LogP contribution in [0, 0.1) is 0 Å². The summed E-state index contributed by atoms with van der Waals surface area (Å²) in [6.07, 6.45) is 0.736. The van der Waals surface area contributed by atoms with Crippen LogP contribution in [0.1, 0.15) is 17.0 Å². The fourth-order valence-electron chi connectivity index (χ4n) is 3.61. The fourth-order valence-corrected chi connectivity index (χ4v) is 4.08. The number of anilines is 1. The lowest BCUT2D eigenvalue weighted by molar-refractivity contribution is -0.135. The molecule has 0 spiro atoms. The molecule has 0 aliphatic heterocycles. The maximum Gasteiger partial charge on any atom is 0.416 e. The number of amides is 1. The maximum atomic E-state index is 12.8. The van der Waals surface area contributed by atoms with Crippen LogP contribution in [0.4, 0.5) is 10.6 Å². The summed E-state index contributed by atoms with van der Waals surface area (Å²) in [7, 11) is 0. The van der Waals surface area contributed by atoms with Crippen LogP contribution in [0.5, 0.6) is 0 Å². The molecule has 1 aliphatic rings. The highest BCUT2D eigenvalue weighted by Crippen LogP contribution is 2.44. The smallest absolute Gasteiger partial charge is 0.416 e. The molecule has 29 heavy (non-hydrogen) atoms. The minimum Gasteiger partial charge on any atom is -0.480 e. The Labute approximate surface area is 175 Å². The van der Waals surface area contributed by atoms with Crippen LogP contribution in [0.2, 0.25) is 0 Å². The van der Waals surface area contributed by atoms with Crippen molar-refractivity contribution in [2.45, 2.75) is 5.92 Å². The molecule has 1 aromatic heterocycles. The first-order chi connectivity index (χ1) is 14.1. The molecule has 0 bridgehead atoms. The van der Waals surface area contributed by atoms with E-state index in [-0.39, 0.29) is 18.3 Å². The third-order valence-electron chi connectivity index (χ3n) is 4.84. The molecule has 2 aromatic carbocycles. The molecule has 1 amide bonds. The first kappa shape index (κ1) is 19.1. The van der Waals surface area contributed by atoms with Crippen molar-refractivity contribution in [1.29, 1.82) is 0 Å². The Balaban J connectivity index is 1.58. The van der Waals surface area contributed by atoms with E-state index in [1.807, 2.05) is 36.4 Å². The van der Waals surface area contributed by atoms with Gasteiger partial charge >= 0.3 is 12.1 Å². The van der Waals surface area contributed by atoms with Crippen LogP contribution in [0.3, 0.4) is 0 Å². The molecule has 0 radical (unpaired) electrons. The van der Waals surface area contributed by atoms with Gasteiger partial charge in [0.2, 0.25) is 0 Å². The number of benzene rings is 2. The van der Waals surface area contributed by atoms with E-state index in [2.05, 4.69) is 33.0 Å². The van der Waals surface area contributed by atoms with E-state index in [9.17, 15) is 14.7 Å². The Kier molecular flexibility index (Phi) is 5.31. The third kappa shape index (κ3) is 3.73. The summed E-state index contributed by atoms with van der Waals surface area (Å²) in [4.78, 5) is 29.2. The van der Waals surface area contributed by atoms with Gasteiger partial charge in [0.1, 0.15) is 13.2 Å². The van der Waals surface area contributed by atoms with Gasteiger partial charge in [0.25, 0.3) is 0 Å². The molecule has 6 nitrogen and oxygen atoms in total. The van der Waals surface area contributed by atoms with Gasteiger partial charge in [0.15, 0.2) is 5.82 Å². The minimum absolute atomic E-state index is 0.105. The molecule has 1 N–H and O–H groups in total. The van der Waals surface area contributed by atoms with Crippen LogP contribution in [-0.4, -0.2) is 35.3 Å². The number of fused-ring (bicyclic) bond motifs is 3. The number of rotatable bonds is 5. The minimum atomic E-state index is -1.16. The predicted molar refractivity (Wildman–Crippen MR) is 112 cm³/mol. The van der Waals surface area contributed by atoms with Crippen molar-refractivity contribution in [3.8, 4) is 11.1 Å². The Morgan fingerprint density at radius 3 is 2.21 bits per heavy atom. The molecule has 0 unspecified atom stereocenters. The molecule has 3 aromatic rings. The number of carboxylic acids is 1. The predicted octanol–water partition coefficient (Wildman–Crippen LogP) is 4.68. The van der Waals surface area contributed by atoms with Crippen molar-refractivity contribution in [3.05, 3.63) is 82.5 Å². The number of hydrogen-bond donors (Lipinski definition) is 1. The van der Waals surface area contributed by atoms with Gasteiger partial charge in [-0.3, -0.25) is 4.79 Å². The lowest BCUT2D eigenvalue weighted by Crippen LogP contribution is -2.37. The Morgan fingerprint density at radius 2 is 1.62 bits per heavy atom. The third-order valence-corrected chi connectivity index (χ3v) is 5.46. The number of carbonyl (C=O) groups excluding carboxylic acids is 1. The summed E-state index contributed by atoms with van der Waals surface area (Å²) in [5.41, 5.74) is 4.42. The van der Waals surface area contributed by atoms with Crippen LogP contribution in [0.15, 0.2) is 71.3 Å². The highest BCUT2D eigenvalue weighted by atomic mass is 79.9. The van der Waals surface area contributed by atoms with Gasteiger partial charge in [0, 0.05) is 12.1 Å². The molecular formula is C22H17BrN2O4. The Hall–Kier alpha value is -3.19. The fraction of sp³-hybridized carbons (Fsp3) is 0.136. The number of aromatic nitrogens is 1. The second-order valence-corrected chi connectivity index (χ2v) is 7.45. The quantitative estimate of drug-likeness (QED) is 0.607. The SMILES string of the molecule is O=C(O)CN(C(=O)OCC1c2ccccc2-c2ccccc21)c1ncccc1Br. The van der Waals surface area contributed by atoms with Gasteiger partial charge in [-0.2, -0.15) is 0 Å². The van der Waals surface area contributed by atoms with Crippen LogP contribution in [0.25, 0.3) is 11.1 Å². The van der Waals surface area contributed by atoms with Gasteiger partial charge < -0.3 is 9.84 Å². The highest BCUT2D eigenvalue weighted by molar-refractivity contribution is 9.10. The van der Waals surface area contributed by atoms with Crippen LogP contribution < -0.4 is 4.90 Å². The zero-order chi connectivity index (χ0) is 20.4. The summed E-state index contributed by atoms with van der Waals surface area (Å²) in [5.74, 6) is -1.06. The van der Waals surface area contributed by atoms with Gasteiger partial charge in [0.05, 0.1) is 4.47 Å². The van der Waals surface area contributed by atoms with Crippen molar-refractivity contribution in [2.24, 2.45) is 0 Å². The van der Waals surface area contributed by atoms with Crippen LogP contribution in [-0.2, 0) is 9.53 Å². The van der Waals surface area contributed by atoms with E-state index in [1.54, 1.807) is 12.1 Å². The average Bonchev–Trinajstić information content (AvgIpc) is 3.05. The van der Waals surface area contributed by atoms with E-state index in [0.717, 1.165) is 27.2 Å². The number of ether oxygens (including phenoxy) is 1. The number of carboxylic acid groups (broad SMARTS) is 1. The molecule has 4 rings (SSSR count). The van der Waals surface area contributed by atoms with Crippen LogP contribution >= 0.6 is 15.9 Å². The summed E-state index contributed by atoms with van der Waals surface area (Å²) in [6.45, 7) is -0.445. The lowest BCUT2D eigenvalue weighted by Gasteiger charge is -2.22. The number of nitrogens with zero attached hydrogens (tertiary/aromatic N) is 2. The number of pyridine rings is 1. The van der Waals surface area contributed by atoms with E-state index < -0.39 is 18.6 Å². The first-order valence-electron chi connectivity index (χ1n) is 9.01. The molecule has 0 atom stereocenters. The lowest BCUT2D eigenvalue weighted by atomic mass is 9.98. The standard InChI is InChI=1S/C22H17BrN2O4/c23-19-10-5-11-24-21(19)25(12-20(26)27)22(28)29-13-18-16-8-3-1-6-14(16)15-7-2-4-9-17(15)18/h1-11,18H,12-13H2,(H,26,27). The second kappa shape index (κ2) is 8.05. The second-order valence-electron chi connectivity index (χ2n) is 6.59. The molecule has 0 saturated carbocycles. The zero-order valence-electron chi connectivity index (χ0n) is 15.3. The van der Waals surface area contributed by atoms with E-state index in [0.29, 0.717) is 4.47 Å². The largest absolute Gasteiger partial charge is 0.480 e. The molecule has 146 valence electrons. The van der Waals surface area contributed by atoms with E-state index >= 15 is 0 Å². The molecule has 7 heteroatoms. The summed E-state index contributed by atoms with van der Waals surface area (Å²) in [5, 5.41) is 9.23. The molecular weight excluding hydrogens is 436 g/mol. The number of carbonyl (C=O) groups is 2. The first-order valence-corrected chi connectivity index (χ1v) is 9.80.